The van der Waals surface area contributed by atoms with Crippen molar-refractivity contribution in [3.63, 3.8) is 0 Å². The molecule has 0 aliphatic rings. The Kier molecular flexibility index (Phi) is 7.00. The van der Waals surface area contributed by atoms with Crippen LogP contribution in [0.1, 0.15) is 0 Å². The third-order valence-corrected chi connectivity index (χ3v) is 11.4. The Morgan fingerprint density at radius 3 is 1.85 bits per heavy atom. The second-order valence-electron chi connectivity index (χ2n) is 13.5. The topological polar surface area (TPSA) is 42.4 Å². The SMILES string of the molecule is c1ccc(-c2ccc(N(c3ccc(-c4cccc5c4oc4cc6nc(-c7ccccc7)sc6cc45)cc3)c3cccc4oc5ccccc5c34)cc2)cc1. The summed E-state index contributed by atoms with van der Waals surface area (Å²) in [7, 11) is 0. The number of thiazole rings is 1. The van der Waals surface area contributed by atoms with E-state index in [1.54, 1.807) is 11.3 Å². The van der Waals surface area contributed by atoms with Gasteiger partial charge in [-0.15, -0.1) is 11.3 Å². The number of rotatable bonds is 6. The van der Waals surface area contributed by atoms with Crippen molar-refractivity contribution < 1.29 is 8.83 Å². The molecule has 0 spiro atoms. The number of anilines is 3. The summed E-state index contributed by atoms with van der Waals surface area (Å²) in [5.74, 6) is 0. The molecule has 0 atom stereocenters. The van der Waals surface area contributed by atoms with Crippen molar-refractivity contribution in [1.82, 2.24) is 4.98 Å². The number of nitrogens with zero attached hydrogens (tertiary/aromatic N) is 2. The van der Waals surface area contributed by atoms with Gasteiger partial charge < -0.3 is 13.7 Å². The van der Waals surface area contributed by atoms with Crippen molar-refractivity contribution in [2.45, 2.75) is 0 Å². The molecule has 0 aliphatic carbocycles. The van der Waals surface area contributed by atoms with Crippen LogP contribution in [0.5, 0.6) is 0 Å². The maximum absolute atomic E-state index is 6.65. The summed E-state index contributed by atoms with van der Waals surface area (Å²) in [6.45, 7) is 0. The van der Waals surface area contributed by atoms with Crippen molar-refractivity contribution in [1.29, 1.82) is 0 Å². The Balaban J connectivity index is 1.02. The van der Waals surface area contributed by atoms with Gasteiger partial charge in [0, 0.05) is 44.7 Å². The average Bonchev–Trinajstić information content (AvgIpc) is 3.94. The Morgan fingerprint density at radius 2 is 1.07 bits per heavy atom. The molecule has 5 heteroatoms. The van der Waals surface area contributed by atoms with E-state index in [0.717, 1.165) is 92.9 Å². The molecule has 0 saturated heterocycles. The molecule has 11 rings (SSSR count). The lowest BCUT2D eigenvalue weighted by molar-refractivity contribution is 0.669. The predicted octanol–water partition coefficient (Wildman–Crippen LogP) is 14.6. The largest absolute Gasteiger partial charge is 0.456 e. The van der Waals surface area contributed by atoms with Crippen LogP contribution in [0, 0.1) is 0 Å². The zero-order chi connectivity index (χ0) is 35.6. The molecule has 3 aromatic heterocycles. The van der Waals surface area contributed by atoms with E-state index in [9.17, 15) is 0 Å². The van der Waals surface area contributed by atoms with E-state index in [-0.39, 0.29) is 0 Å². The van der Waals surface area contributed by atoms with E-state index in [4.69, 9.17) is 13.8 Å². The van der Waals surface area contributed by atoms with E-state index in [1.807, 2.05) is 18.2 Å². The van der Waals surface area contributed by atoms with Crippen molar-refractivity contribution in [3.8, 4) is 32.8 Å². The molecular weight excluding hydrogens is 681 g/mol. The first-order valence-electron chi connectivity index (χ1n) is 18.0. The normalized spacial score (nSPS) is 11.7. The van der Waals surface area contributed by atoms with Crippen LogP contribution in [-0.4, -0.2) is 4.98 Å². The fourth-order valence-electron chi connectivity index (χ4n) is 7.74. The molecule has 0 saturated carbocycles. The van der Waals surface area contributed by atoms with E-state index in [1.165, 1.54) is 11.1 Å². The monoisotopic (exact) mass is 710 g/mol. The van der Waals surface area contributed by atoms with Crippen molar-refractivity contribution in [2.75, 3.05) is 4.90 Å². The Labute approximate surface area is 314 Å². The molecule has 4 nitrogen and oxygen atoms in total. The zero-order valence-corrected chi connectivity index (χ0v) is 29.8. The van der Waals surface area contributed by atoms with Gasteiger partial charge in [0.25, 0.3) is 0 Å². The van der Waals surface area contributed by atoms with Crippen LogP contribution < -0.4 is 4.90 Å². The van der Waals surface area contributed by atoms with Gasteiger partial charge in [-0.05, 0) is 65.2 Å². The van der Waals surface area contributed by atoms with Crippen LogP contribution in [0.3, 0.4) is 0 Å². The number of hydrogen-bond acceptors (Lipinski definition) is 5. The minimum Gasteiger partial charge on any atom is -0.456 e. The Morgan fingerprint density at radius 1 is 0.444 bits per heavy atom. The lowest BCUT2D eigenvalue weighted by Crippen LogP contribution is -2.10. The highest BCUT2D eigenvalue weighted by atomic mass is 32.1. The van der Waals surface area contributed by atoms with Crippen molar-refractivity contribution in [2.24, 2.45) is 0 Å². The minimum atomic E-state index is 0.844. The highest BCUT2D eigenvalue weighted by Gasteiger charge is 2.20. The summed E-state index contributed by atoms with van der Waals surface area (Å²) in [6, 6.07) is 63.8. The second kappa shape index (κ2) is 12.3. The molecular formula is C49H30N2O2S. The Bertz CT molecular complexity index is 3140. The molecule has 11 aromatic rings. The van der Waals surface area contributed by atoms with Gasteiger partial charge >= 0.3 is 0 Å². The average molecular weight is 711 g/mol. The van der Waals surface area contributed by atoms with E-state index < -0.39 is 0 Å². The summed E-state index contributed by atoms with van der Waals surface area (Å²) in [5.41, 5.74) is 13.2. The van der Waals surface area contributed by atoms with Crippen LogP contribution in [0.25, 0.3) is 86.9 Å². The summed E-state index contributed by atoms with van der Waals surface area (Å²) in [6.07, 6.45) is 0. The van der Waals surface area contributed by atoms with Crippen molar-refractivity contribution >= 4 is 82.5 Å². The molecule has 0 radical (unpaired) electrons. The number of benzene rings is 8. The maximum atomic E-state index is 6.65. The highest BCUT2D eigenvalue weighted by Crippen LogP contribution is 2.45. The van der Waals surface area contributed by atoms with Crippen LogP contribution in [-0.2, 0) is 0 Å². The van der Waals surface area contributed by atoms with Crippen molar-refractivity contribution in [3.05, 3.63) is 182 Å². The van der Waals surface area contributed by atoms with Crippen LogP contribution >= 0.6 is 11.3 Å². The summed E-state index contributed by atoms with van der Waals surface area (Å²) in [5, 5.41) is 5.39. The maximum Gasteiger partial charge on any atom is 0.143 e. The number of furan rings is 2. The summed E-state index contributed by atoms with van der Waals surface area (Å²) < 4.78 is 14.1. The smallest absolute Gasteiger partial charge is 0.143 e. The molecule has 3 heterocycles. The summed E-state index contributed by atoms with van der Waals surface area (Å²) >= 11 is 1.72. The number of hydrogen-bond donors (Lipinski definition) is 0. The molecule has 0 unspecified atom stereocenters. The number of aromatic nitrogens is 1. The molecule has 0 bridgehead atoms. The first-order chi connectivity index (χ1) is 26.7. The first kappa shape index (κ1) is 30.7. The zero-order valence-electron chi connectivity index (χ0n) is 28.9. The fourth-order valence-corrected chi connectivity index (χ4v) is 8.74. The second-order valence-corrected chi connectivity index (χ2v) is 14.6. The van der Waals surface area contributed by atoms with Crippen LogP contribution in [0.2, 0.25) is 0 Å². The van der Waals surface area contributed by atoms with Crippen LogP contribution in [0.4, 0.5) is 17.1 Å². The molecule has 254 valence electrons. The minimum absolute atomic E-state index is 0.844. The van der Waals surface area contributed by atoms with E-state index >= 15 is 0 Å². The molecule has 0 fully saturated rings. The number of fused-ring (bicyclic) bond motifs is 7. The van der Waals surface area contributed by atoms with Gasteiger partial charge in [0.05, 0.1) is 21.3 Å². The molecule has 54 heavy (non-hydrogen) atoms. The Hall–Kier alpha value is -6.95. The molecule has 8 aromatic carbocycles. The molecule has 0 amide bonds. The van der Waals surface area contributed by atoms with Gasteiger partial charge in [0.2, 0.25) is 0 Å². The summed E-state index contributed by atoms with van der Waals surface area (Å²) in [4.78, 5) is 7.29. The number of para-hydroxylation sites is 2. The predicted molar refractivity (Wildman–Crippen MR) is 225 cm³/mol. The van der Waals surface area contributed by atoms with Gasteiger partial charge in [0.1, 0.15) is 27.3 Å². The highest BCUT2D eigenvalue weighted by molar-refractivity contribution is 7.21. The van der Waals surface area contributed by atoms with Gasteiger partial charge in [0.15, 0.2) is 0 Å². The van der Waals surface area contributed by atoms with Crippen LogP contribution in [0.15, 0.2) is 191 Å². The van der Waals surface area contributed by atoms with E-state index in [0.29, 0.717) is 0 Å². The molecule has 0 N–H and O–H groups in total. The molecule has 0 aliphatic heterocycles. The third-order valence-electron chi connectivity index (χ3n) is 10.3. The van der Waals surface area contributed by atoms with E-state index in [2.05, 4.69) is 169 Å². The first-order valence-corrected chi connectivity index (χ1v) is 18.8. The fraction of sp³-hybridized carbons (Fsp3) is 0. The van der Waals surface area contributed by atoms with Gasteiger partial charge in [-0.3, -0.25) is 0 Å². The van der Waals surface area contributed by atoms with Gasteiger partial charge in [-0.2, -0.15) is 0 Å². The third kappa shape index (κ3) is 5.01. The standard InChI is InChI=1S/C49H30N2O2S/c1-3-11-31(12-4-1)32-21-25-35(26-22-32)51(42-18-10-20-44-47(42)39-15-7-8-19-43(39)52-44)36-27-23-33(24-28-36)37-16-9-17-38-40-29-46-41(30-45(40)53-48(37)38)50-49(54-46)34-13-5-2-6-14-34/h1-30H. The van der Waals surface area contributed by atoms with Gasteiger partial charge in [-0.1, -0.05) is 127 Å². The lowest BCUT2D eigenvalue weighted by Gasteiger charge is -2.26. The quantitative estimate of drug-likeness (QED) is 0.172. The lowest BCUT2D eigenvalue weighted by atomic mass is 10.0. The van der Waals surface area contributed by atoms with Gasteiger partial charge in [-0.25, -0.2) is 4.98 Å².